The Balaban J connectivity index is 3.88. The molecule has 0 bridgehead atoms. The van der Waals surface area contributed by atoms with E-state index in [1.54, 1.807) is 11.8 Å². The van der Waals surface area contributed by atoms with Gasteiger partial charge < -0.3 is 4.90 Å². The van der Waals surface area contributed by atoms with Crippen molar-refractivity contribution >= 4 is 17.5 Å². The summed E-state index contributed by atoms with van der Waals surface area (Å²) in [7, 11) is 0. The smallest absolute Gasteiger partial charge is 0.240 e. The number of halogens is 1. The van der Waals surface area contributed by atoms with Crippen molar-refractivity contribution in [3.63, 3.8) is 0 Å². The molecule has 0 saturated carbocycles. The van der Waals surface area contributed by atoms with Crippen molar-refractivity contribution in [2.24, 2.45) is 0 Å². The van der Waals surface area contributed by atoms with E-state index in [0.29, 0.717) is 0 Å². The van der Waals surface area contributed by atoms with Crippen LogP contribution in [0.15, 0.2) is 0 Å². The summed E-state index contributed by atoms with van der Waals surface area (Å²) in [4.78, 5) is 13.2. The molecule has 0 heterocycles. The SMILES string of the molecule is CCCCN(CC)C(=O)[C@@H](C)Cl. The first-order chi connectivity index (χ1) is 5.63. The number of carbonyl (C=O) groups is 1. The van der Waals surface area contributed by atoms with Gasteiger partial charge in [-0.25, -0.2) is 0 Å². The predicted molar refractivity (Wildman–Crippen MR) is 52.5 cm³/mol. The van der Waals surface area contributed by atoms with Gasteiger partial charge in [0.1, 0.15) is 5.38 Å². The predicted octanol–water partition coefficient (Wildman–Crippen LogP) is 2.26. The largest absolute Gasteiger partial charge is 0.342 e. The molecular weight excluding hydrogens is 174 g/mol. The Morgan fingerprint density at radius 1 is 1.50 bits per heavy atom. The summed E-state index contributed by atoms with van der Waals surface area (Å²) in [5.41, 5.74) is 0. The molecule has 0 fully saturated rings. The van der Waals surface area contributed by atoms with Crippen molar-refractivity contribution in [1.29, 1.82) is 0 Å². The molecule has 0 saturated heterocycles. The summed E-state index contributed by atoms with van der Waals surface area (Å²) in [5.74, 6) is 0.0487. The van der Waals surface area contributed by atoms with E-state index in [-0.39, 0.29) is 11.3 Å². The molecule has 0 unspecified atom stereocenters. The molecule has 2 nitrogen and oxygen atoms in total. The molecule has 0 aromatic heterocycles. The molecule has 1 amide bonds. The van der Waals surface area contributed by atoms with Gasteiger partial charge in [-0.1, -0.05) is 13.3 Å². The second-order valence-corrected chi connectivity index (χ2v) is 3.54. The summed E-state index contributed by atoms with van der Waals surface area (Å²) < 4.78 is 0. The maximum Gasteiger partial charge on any atom is 0.240 e. The number of hydrogen-bond acceptors (Lipinski definition) is 1. The molecule has 12 heavy (non-hydrogen) atoms. The minimum atomic E-state index is -0.387. The van der Waals surface area contributed by atoms with Gasteiger partial charge in [0, 0.05) is 13.1 Å². The van der Waals surface area contributed by atoms with Crippen molar-refractivity contribution in [1.82, 2.24) is 4.90 Å². The van der Waals surface area contributed by atoms with Gasteiger partial charge in [-0.15, -0.1) is 11.6 Å². The van der Waals surface area contributed by atoms with Gasteiger partial charge in [-0.3, -0.25) is 4.79 Å². The average Bonchev–Trinajstić information content (AvgIpc) is 2.05. The van der Waals surface area contributed by atoms with E-state index in [1.807, 2.05) is 6.92 Å². The van der Waals surface area contributed by atoms with Crippen LogP contribution in [0, 0.1) is 0 Å². The van der Waals surface area contributed by atoms with Crippen LogP contribution in [-0.2, 0) is 4.79 Å². The van der Waals surface area contributed by atoms with Crippen LogP contribution in [0.5, 0.6) is 0 Å². The number of rotatable bonds is 5. The van der Waals surface area contributed by atoms with Crippen LogP contribution < -0.4 is 0 Å². The number of hydrogen-bond donors (Lipinski definition) is 0. The van der Waals surface area contributed by atoms with E-state index >= 15 is 0 Å². The zero-order valence-corrected chi connectivity index (χ0v) is 8.90. The summed E-state index contributed by atoms with van der Waals surface area (Å²) >= 11 is 5.69. The molecule has 0 aliphatic carbocycles. The third kappa shape index (κ3) is 3.96. The van der Waals surface area contributed by atoms with Crippen LogP contribution in [0.4, 0.5) is 0 Å². The molecule has 3 heteroatoms. The second-order valence-electron chi connectivity index (χ2n) is 2.89. The average molecular weight is 192 g/mol. The number of alkyl halides is 1. The third-order valence-corrected chi connectivity index (χ3v) is 2.00. The Morgan fingerprint density at radius 3 is 2.42 bits per heavy atom. The van der Waals surface area contributed by atoms with Gasteiger partial charge in [0.15, 0.2) is 0 Å². The third-order valence-electron chi connectivity index (χ3n) is 1.82. The number of amides is 1. The summed E-state index contributed by atoms with van der Waals surface area (Å²) in [6.07, 6.45) is 2.17. The first kappa shape index (κ1) is 11.8. The molecule has 1 atom stereocenters. The standard InChI is InChI=1S/C9H18ClNO/c1-4-6-7-11(5-2)9(12)8(3)10/h8H,4-7H2,1-3H3/t8-/m1/s1. The van der Waals surface area contributed by atoms with Crippen molar-refractivity contribution in [2.45, 2.75) is 39.0 Å². The van der Waals surface area contributed by atoms with E-state index in [1.165, 1.54) is 0 Å². The summed E-state index contributed by atoms with van der Waals surface area (Å²) in [6, 6.07) is 0. The fourth-order valence-electron chi connectivity index (χ4n) is 1.02. The molecule has 72 valence electrons. The zero-order valence-electron chi connectivity index (χ0n) is 8.14. The van der Waals surface area contributed by atoms with E-state index in [0.717, 1.165) is 25.9 Å². The molecule has 0 aliphatic rings. The molecule has 0 rings (SSSR count). The molecular formula is C9H18ClNO. The van der Waals surface area contributed by atoms with Crippen LogP contribution >= 0.6 is 11.6 Å². The highest BCUT2D eigenvalue weighted by molar-refractivity contribution is 6.30. The molecule has 0 aliphatic heterocycles. The van der Waals surface area contributed by atoms with Crippen molar-refractivity contribution in [3.05, 3.63) is 0 Å². The Morgan fingerprint density at radius 2 is 2.08 bits per heavy atom. The van der Waals surface area contributed by atoms with Crippen LogP contribution in [0.25, 0.3) is 0 Å². The Bertz CT molecular complexity index is 136. The fraction of sp³-hybridized carbons (Fsp3) is 0.889. The van der Waals surface area contributed by atoms with Gasteiger partial charge in [0.25, 0.3) is 0 Å². The van der Waals surface area contributed by atoms with Gasteiger partial charge in [0.05, 0.1) is 0 Å². The molecule has 0 aromatic carbocycles. The van der Waals surface area contributed by atoms with Crippen LogP contribution in [0.1, 0.15) is 33.6 Å². The lowest BCUT2D eigenvalue weighted by Gasteiger charge is -2.21. The summed E-state index contributed by atoms with van der Waals surface area (Å²) in [6.45, 7) is 7.41. The minimum absolute atomic E-state index is 0.0487. The van der Waals surface area contributed by atoms with Crippen LogP contribution in [0.3, 0.4) is 0 Å². The number of nitrogens with zero attached hydrogens (tertiary/aromatic N) is 1. The fourth-order valence-corrected chi connectivity index (χ4v) is 1.16. The zero-order chi connectivity index (χ0) is 9.56. The topological polar surface area (TPSA) is 20.3 Å². The lowest BCUT2D eigenvalue weighted by atomic mass is 10.3. The second kappa shape index (κ2) is 6.30. The first-order valence-corrected chi connectivity index (χ1v) is 5.00. The highest BCUT2D eigenvalue weighted by Crippen LogP contribution is 2.03. The first-order valence-electron chi connectivity index (χ1n) is 4.56. The van der Waals surface area contributed by atoms with E-state index < -0.39 is 0 Å². The lowest BCUT2D eigenvalue weighted by molar-refractivity contribution is -0.130. The normalized spacial score (nSPS) is 12.7. The van der Waals surface area contributed by atoms with Gasteiger partial charge in [-0.2, -0.15) is 0 Å². The number of carbonyl (C=O) groups excluding carboxylic acids is 1. The van der Waals surface area contributed by atoms with Crippen molar-refractivity contribution in [3.8, 4) is 0 Å². The van der Waals surface area contributed by atoms with Gasteiger partial charge >= 0.3 is 0 Å². The van der Waals surface area contributed by atoms with E-state index in [9.17, 15) is 4.79 Å². The Hall–Kier alpha value is -0.240. The van der Waals surface area contributed by atoms with Crippen molar-refractivity contribution < 1.29 is 4.79 Å². The Kier molecular flexibility index (Phi) is 6.17. The number of unbranched alkanes of at least 4 members (excludes halogenated alkanes) is 1. The Labute approximate surface area is 79.9 Å². The molecule has 0 spiro atoms. The lowest BCUT2D eigenvalue weighted by Crippen LogP contribution is -2.36. The van der Waals surface area contributed by atoms with Crippen LogP contribution in [-0.4, -0.2) is 29.3 Å². The van der Waals surface area contributed by atoms with E-state index in [2.05, 4.69) is 6.92 Å². The van der Waals surface area contributed by atoms with Crippen LogP contribution in [0.2, 0.25) is 0 Å². The molecule has 0 radical (unpaired) electrons. The highest BCUT2D eigenvalue weighted by atomic mass is 35.5. The highest BCUT2D eigenvalue weighted by Gasteiger charge is 2.15. The maximum absolute atomic E-state index is 11.4. The quantitative estimate of drug-likeness (QED) is 0.611. The van der Waals surface area contributed by atoms with Gasteiger partial charge in [-0.05, 0) is 20.3 Å². The minimum Gasteiger partial charge on any atom is -0.342 e. The van der Waals surface area contributed by atoms with Gasteiger partial charge in [0.2, 0.25) is 5.91 Å². The molecule has 0 N–H and O–H groups in total. The monoisotopic (exact) mass is 191 g/mol. The van der Waals surface area contributed by atoms with Crippen molar-refractivity contribution in [2.75, 3.05) is 13.1 Å². The summed E-state index contributed by atoms with van der Waals surface area (Å²) in [5, 5.41) is -0.387. The van der Waals surface area contributed by atoms with E-state index in [4.69, 9.17) is 11.6 Å². The molecule has 0 aromatic rings. The maximum atomic E-state index is 11.4.